The van der Waals surface area contributed by atoms with E-state index < -0.39 is 11.9 Å². The highest BCUT2D eigenvalue weighted by molar-refractivity contribution is 5.95. The number of amides is 2. The van der Waals surface area contributed by atoms with Crippen molar-refractivity contribution in [3.8, 4) is 0 Å². The lowest BCUT2D eigenvalue weighted by Crippen LogP contribution is -2.48. The first-order valence-electron chi connectivity index (χ1n) is 5.95. The maximum Gasteiger partial charge on any atom is 0.287 e. The van der Waals surface area contributed by atoms with Gasteiger partial charge in [-0.2, -0.15) is 0 Å². The molecule has 0 aliphatic carbocycles. The molecule has 0 bridgehead atoms. The summed E-state index contributed by atoms with van der Waals surface area (Å²) in [5.74, 6) is -0.739. The van der Waals surface area contributed by atoms with Crippen LogP contribution in [-0.2, 0) is 4.79 Å². The van der Waals surface area contributed by atoms with Crippen molar-refractivity contribution in [2.45, 2.75) is 13.0 Å². The van der Waals surface area contributed by atoms with Crippen LogP contribution in [0.1, 0.15) is 17.5 Å². The molecule has 0 aliphatic heterocycles. The second-order valence-corrected chi connectivity index (χ2v) is 3.94. The van der Waals surface area contributed by atoms with Gasteiger partial charge in [0.15, 0.2) is 5.76 Å². The van der Waals surface area contributed by atoms with Crippen molar-refractivity contribution < 1.29 is 24.2 Å². The van der Waals surface area contributed by atoms with Crippen LogP contribution in [0.3, 0.4) is 0 Å². The first-order chi connectivity index (χ1) is 9.10. The Kier molecular flexibility index (Phi) is 6.04. The first-order valence-corrected chi connectivity index (χ1v) is 5.95. The highest BCUT2D eigenvalue weighted by Crippen LogP contribution is 2.01. The highest BCUT2D eigenvalue weighted by Gasteiger charge is 2.22. The van der Waals surface area contributed by atoms with Gasteiger partial charge in [-0.05, 0) is 19.1 Å². The van der Waals surface area contributed by atoms with Crippen LogP contribution in [0, 0.1) is 0 Å². The van der Waals surface area contributed by atoms with Gasteiger partial charge >= 0.3 is 0 Å². The van der Waals surface area contributed by atoms with Crippen molar-refractivity contribution in [2.24, 2.45) is 0 Å². The maximum atomic E-state index is 12.0. The van der Waals surface area contributed by atoms with Gasteiger partial charge in [0.05, 0.1) is 19.5 Å². The van der Waals surface area contributed by atoms with Crippen LogP contribution in [-0.4, -0.2) is 59.3 Å². The van der Waals surface area contributed by atoms with E-state index in [0.717, 1.165) is 0 Å². The predicted octanol–water partition coefficient (Wildman–Crippen LogP) is -0.789. The summed E-state index contributed by atoms with van der Waals surface area (Å²) in [6.45, 7) is 1.35. The molecule has 0 saturated heterocycles. The molecular weight excluding hydrogens is 252 g/mol. The molecule has 0 saturated carbocycles. The Morgan fingerprint density at radius 1 is 1.37 bits per heavy atom. The molecule has 106 valence electrons. The van der Waals surface area contributed by atoms with Gasteiger partial charge in [-0.1, -0.05) is 0 Å². The molecule has 7 heteroatoms. The minimum atomic E-state index is -0.768. The van der Waals surface area contributed by atoms with Crippen LogP contribution in [0.4, 0.5) is 0 Å². The van der Waals surface area contributed by atoms with Crippen LogP contribution in [0.5, 0.6) is 0 Å². The van der Waals surface area contributed by atoms with E-state index in [1.165, 1.54) is 24.2 Å². The summed E-state index contributed by atoms with van der Waals surface area (Å²) in [6, 6.07) is 2.30. The van der Waals surface area contributed by atoms with Crippen LogP contribution < -0.4 is 5.32 Å². The fourth-order valence-corrected chi connectivity index (χ4v) is 1.58. The highest BCUT2D eigenvalue weighted by atomic mass is 16.3. The number of carbonyl (C=O) groups excluding carboxylic acids is 2. The number of aliphatic hydroxyl groups is 2. The molecule has 19 heavy (non-hydrogen) atoms. The number of rotatable bonds is 7. The van der Waals surface area contributed by atoms with Gasteiger partial charge in [-0.3, -0.25) is 9.59 Å². The topological polar surface area (TPSA) is 103 Å². The number of carbonyl (C=O) groups is 2. The van der Waals surface area contributed by atoms with Gasteiger partial charge in [0, 0.05) is 13.1 Å². The molecule has 0 aliphatic rings. The van der Waals surface area contributed by atoms with E-state index in [-0.39, 0.29) is 38.0 Å². The van der Waals surface area contributed by atoms with Crippen LogP contribution in [0.2, 0.25) is 0 Å². The number of hydrogen-bond acceptors (Lipinski definition) is 5. The summed E-state index contributed by atoms with van der Waals surface area (Å²) in [5.41, 5.74) is 0. The van der Waals surface area contributed by atoms with Gasteiger partial charge in [-0.25, -0.2) is 0 Å². The molecule has 2 amide bonds. The average Bonchev–Trinajstić information content (AvgIpc) is 2.91. The third-order valence-corrected chi connectivity index (χ3v) is 2.51. The number of aliphatic hydroxyl groups excluding tert-OH is 2. The van der Waals surface area contributed by atoms with Gasteiger partial charge in [0.1, 0.15) is 6.04 Å². The Balaban J connectivity index is 2.57. The molecule has 7 nitrogen and oxygen atoms in total. The smallest absolute Gasteiger partial charge is 0.287 e. The summed E-state index contributed by atoms with van der Waals surface area (Å²) in [4.78, 5) is 25.0. The van der Waals surface area contributed by atoms with E-state index in [1.807, 2.05) is 0 Å². The van der Waals surface area contributed by atoms with Gasteiger partial charge in [0.25, 0.3) is 5.91 Å². The number of hydrogen-bond donors (Lipinski definition) is 3. The Morgan fingerprint density at radius 2 is 2.00 bits per heavy atom. The molecule has 1 rings (SSSR count). The normalized spacial score (nSPS) is 11.9. The lowest BCUT2D eigenvalue weighted by Gasteiger charge is -2.24. The second-order valence-electron chi connectivity index (χ2n) is 3.94. The van der Waals surface area contributed by atoms with Crippen molar-refractivity contribution in [1.29, 1.82) is 0 Å². The largest absolute Gasteiger partial charge is 0.459 e. The zero-order chi connectivity index (χ0) is 14.3. The van der Waals surface area contributed by atoms with Crippen molar-refractivity contribution in [2.75, 3.05) is 26.3 Å². The molecule has 1 heterocycles. The molecular formula is C12H18N2O5. The first kappa shape index (κ1) is 15.2. The minimum Gasteiger partial charge on any atom is -0.459 e. The second kappa shape index (κ2) is 7.55. The monoisotopic (exact) mass is 270 g/mol. The summed E-state index contributed by atoms with van der Waals surface area (Å²) >= 11 is 0. The Morgan fingerprint density at radius 3 is 2.47 bits per heavy atom. The molecule has 0 spiro atoms. The molecule has 0 fully saturated rings. The maximum absolute atomic E-state index is 12.0. The van der Waals surface area contributed by atoms with Crippen molar-refractivity contribution in [1.82, 2.24) is 10.2 Å². The van der Waals surface area contributed by atoms with E-state index in [9.17, 15) is 9.59 Å². The summed E-state index contributed by atoms with van der Waals surface area (Å²) in [6.07, 6.45) is 1.37. The molecule has 1 unspecified atom stereocenters. The number of furan rings is 1. The SMILES string of the molecule is CC(NC(=O)c1ccco1)C(=O)N(CCO)CCO. The summed E-state index contributed by atoms with van der Waals surface area (Å²) < 4.78 is 4.91. The lowest BCUT2D eigenvalue weighted by atomic mass is 10.2. The average molecular weight is 270 g/mol. The minimum absolute atomic E-state index is 0.111. The van der Waals surface area contributed by atoms with Crippen molar-refractivity contribution in [3.05, 3.63) is 24.2 Å². The molecule has 1 aromatic rings. The van der Waals surface area contributed by atoms with Crippen molar-refractivity contribution >= 4 is 11.8 Å². The van der Waals surface area contributed by atoms with E-state index in [4.69, 9.17) is 14.6 Å². The predicted molar refractivity (Wildman–Crippen MR) is 66.4 cm³/mol. The van der Waals surface area contributed by atoms with Crippen LogP contribution in [0.25, 0.3) is 0 Å². The zero-order valence-electron chi connectivity index (χ0n) is 10.7. The lowest BCUT2D eigenvalue weighted by molar-refractivity contribution is -0.133. The van der Waals surface area contributed by atoms with Crippen LogP contribution in [0.15, 0.2) is 22.8 Å². The summed E-state index contributed by atoms with van der Waals surface area (Å²) in [5, 5.41) is 20.2. The Labute approximate surface area is 110 Å². The van der Waals surface area contributed by atoms with Gasteiger partial charge in [0.2, 0.25) is 5.91 Å². The third kappa shape index (κ3) is 4.38. The van der Waals surface area contributed by atoms with Crippen molar-refractivity contribution in [3.63, 3.8) is 0 Å². The van der Waals surface area contributed by atoms with Gasteiger partial charge < -0.3 is 24.8 Å². The Bertz CT molecular complexity index is 398. The molecule has 0 radical (unpaired) electrons. The number of nitrogens with zero attached hydrogens (tertiary/aromatic N) is 1. The summed E-state index contributed by atoms with van der Waals surface area (Å²) in [7, 11) is 0. The van der Waals surface area contributed by atoms with E-state index >= 15 is 0 Å². The van der Waals surface area contributed by atoms with Gasteiger partial charge in [-0.15, -0.1) is 0 Å². The fourth-order valence-electron chi connectivity index (χ4n) is 1.58. The standard InChI is InChI=1S/C12H18N2O5/c1-9(12(18)14(4-6-15)5-7-16)13-11(17)10-3-2-8-19-10/h2-3,8-9,15-16H,4-7H2,1H3,(H,13,17). The molecule has 1 aromatic heterocycles. The van der Waals surface area contributed by atoms with E-state index in [2.05, 4.69) is 5.32 Å². The third-order valence-electron chi connectivity index (χ3n) is 2.51. The molecule has 1 atom stereocenters. The Hall–Kier alpha value is -1.86. The quantitative estimate of drug-likeness (QED) is 0.602. The fraction of sp³-hybridized carbons (Fsp3) is 0.500. The van der Waals surface area contributed by atoms with E-state index in [1.54, 1.807) is 6.07 Å². The van der Waals surface area contributed by atoms with E-state index in [0.29, 0.717) is 0 Å². The molecule has 0 aromatic carbocycles. The number of nitrogens with one attached hydrogen (secondary N) is 1. The zero-order valence-corrected chi connectivity index (χ0v) is 10.7. The van der Waals surface area contributed by atoms with Crippen LogP contribution >= 0.6 is 0 Å². The molecule has 3 N–H and O–H groups in total.